The number of nitrogens with one attached hydrogen (secondary N) is 1. The largest absolute Gasteiger partial charge is 0.467 e. The Hall–Kier alpha value is -2.12. The topological polar surface area (TPSA) is 79.6 Å². The van der Waals surface area contributed by atoms with Crippen LogP contribution in [0.1, 0.15) is 41.9 Å². The van der Waals surface area contributed by atoms with Gasteiger partial charge in [0.2, 0.25) is 10.0 Å². The van der Waals surface area contributed by atoms with Gasteiger partial charge in [-0.3, -0.25) is 4.79 Å². The summed E-state index contributed by atoms with van der Waals surface area (Å²) < 4.78 is 31.7. The fourth-order valence-corrected chi connectivity index (χ4v) is 4.26. The van der Waals surface area contributed by atoms with Crippen LogP contribution in [0, 0.1) is 0 Å². The number of sulfonamides is 1. The third kappa shape index (κ3) is 3.37. The van der Waals surface area contributed by atoms with E-state index in [2.05, 4.69) is 5.32 Å². The Morgan fingerprint density at radius 2 is 1.83 bits per heavy atom. The van der Waals surface area contributed by atoms with Gasteiger partial charge in [-0.25, -0.2) is 8.42 Å². The summed E-state index contributed by atoms with van der Waals surface area (Å²) in [6.07, 6.45) is 3.34. The molecule has 6 nitrogen and oxygen atoms in total. The van der Waals surface area contributed by atoms with Crippen LogP contribution in [-0.4, -0.2) is 31.7 Å². The van der Waals surface area contributed by atoms with E-state index in [0.29, 0.717) is 24.4 Å². The second-order valence-electron chi connectivity index (χ2n) is 5.85. The highest BCUT2D eigenvalue weighted by molar-refractivity contribution is 7.89. The predicted molar refractivity (Wildman–Crippen MR) is 89.0 cm³/mol. The molecule has 1 saturated heterocycles. The molecule has 1 aromatic carbocycles. The first-order valence-electron chi connectivity index (χ1n) is 7.93. The molecule has 1 aromatic heterocycles. The van der Waals surface area contributed by atoms with Crippen molar-refractivity contribution < 1.29 is 17.6 Å². The molecular weight excluding hydrogens is 328 g/mol. The first-order chi connectivity index (χ1) is 11.5. The molecular formula is C17H20N2O4S. The highest BCUT2D eigenvalue weighted by Crippen LogP contribution is 2.21. The number of hydrogen-bond acceptors (Lipinski definition) is 4. The van der Waals surface area contributed by atoms with Crippen LogP contribution >= 0.6 is 0 Å². The zero-order valence-corrected chi connectivity index (χ0v) is 14.3. The van der Waals surface area contributed by atoms with E-state index in [1.165, 1.54) is 28.6 Å². The van der Waals surface area contributed by atoms with Crippen LogP contribution in [0.4, 0.5) is 0 Å². The van der Waals surface area contributed by atoms with Crippen molar-refractivity contribution in [3.63, 3.8) is 0 Å². The van der Waals surface area contributed by atoms with Gasteiger partial charge in [0.15, 0.2) is 0 Å². The summed E-state index contributed by atoms with van der Waals surface area (Å²) in [5.41, 5.74) is 0.411. The maximum Gasteiger partial charge on any atom is 0.251 e. The number of furan rings is 1. The lowest BCUT2D eigenvalue weighted by molar-refractivity contribution is 0.0935. The molecule has 24 heavy (non-hydrogen) atoms. The Balaban J connectivity index is 1.71. The van der Waals surface area contributed by atoms with Gasteiger partial charge in [0.1, 0.15) is 5.76 Å². The minimum Gasteiger partial charge on any atom is -0.467 e. The summed E-state index contributed by atoms with van der Waals surface area (Å²) in [5, 5.41) is 2.82. The van der Waals surface area contributed by atoms with Crippen LogP contribution in [0.15, 0.2) is 52.0 Å². The van der Waals surface area contributed by atoms with Crippen molar-refractivity contribution in [1.82, 2.24) is 9.62 Å². The third-order valence-corrected chi connectivity index (χ3v) is 6.05. The third-order valence-electron chi connectivity index (χ3n) is 4.14. The summed E-state index contributed by atoms with van der Waals surface area (Å²) in [4.78, 5) is 12.5. The lowest BCUT2D eigenvalue weighted by atomic mass is 10.2. The van der Waals surface area contributed by atoms with E-state index in [1.807, 2.05) is 6.92 Å². The average molecular weight is 348 g/mol. The molecule has 0 radical (unpaired) electrons. The van der Waals surface area contributed by atoms with Crippen LogP contribution < -0.4 is 5.32 Å². The number of hydrogen-bond donors (Lipinski definition) is 1. The Morgan fingerprint density at radius 1 is 1.17 bits per heavy atom. The maximum absolute atomic E-state index is 12.5. The van der Waals surface area contributed by atoms with Gasteiger partial charge in [-0.1, -0.05) is 0 Å². The normalized spacial score (nSPS) is 16.9. The molecule has 0 aliphatic carbocycles. The van der Waals surface area contributed by atoms with Gasteiger partial charge in [0, 0.05) is 18.7 Å². The fraction of sp³-hybridized carbons (Fsp3) is 0.353. The van der Waals surface area contributed by atoms with Gasteiger partial charge in [0.25, 0.3) is 5.91 Å². The summed E-state index contributed by atoms with van der Waals surface area (Å²) >= 11 is 0. The Bertz CT molecular complexity index is 792. The molecule has 128 valence electrons. The number of rotatable bonds is 5. The van der Waals surface area contributed by atoms with Crippen LogP contribution in [0.2, 0.25) is 0 Å². The van der Waals surface area contributed by atoms with E-state index in [0.717, 1.165) is 12.8 Å². The van der Waals surface area contributed by atoms with Gasteiger partial charge in [-0.05, 0) is 56.2 Å². The van der Waals surface area contributed by atoms with Crippen molar-refractivity contribution in [2.24, 2.45) is 0 Å². The number of carbonyl (C=O) groups excluding carboxylic acids is 1. The summed E-state index contributed by atoms with van der Waals surface area (Å²) in [6, 6.07) is 9.33. The van der Waals surface area contributed by atoms with Crippen LogP contribution in [0.25, 0.3) is 0 Å². The van der Waals surface area contributed by atoms with Crippen LogP contribution in [0.5, 0.6) is 0 Å². The van der Waals surface area contributed by atoms with Crippen molar-refractivity contribution in [2.75, 3.05) is 13.1 Å². The molecule has 0 unspecified atom stereocenters. The first-order valence-corrected chi connectivity index (χ1v) is 9.37. The minimum atomic E-state index is -3.45. The van der Waals surface area contributed by atoms with Crippen molar-refractivity contribution in [3.05, 3.63) is 54.0 Å². The molecule has 1 amide bonds. The monoisotopic (exact) mass is 348 g/mol. The van der Waals surface area contributed by atoms with Gasteiger partial charge in [0.05, 0.1) is 17.2 Å². The minimum absolute atomic E-state index is 0.222. The molecule has 1 aliphatic heterocycles. The maximum atomic E-state index is 12.5. The second kappa shape index (κ2) is 6.78. The van der Waals surface area contributed by atoms with Gasteiger partial charge < -0.3 is 9.73 Å². The van der Waals surface area contributed by atoms with Gasteiger partial charge in [-0.2, -0.15) is 4.31 Å². The Kier molecular flexibility index (Phi) is 4.73. The molecule has 0 saturated carbocycles. The molecule has 1 aliphatic rings. The molecule has 2 heterocycles. The molecule has 0 spiro atoms. The molecule has 1 atom stereocenters. The number of amides is 1. The second-order valence-corrected chi connectivity index (χ2v) is 7.78. The van der Waals surface area contributed by atoms with E-state index in [1.54, 1.807) is 18.4 Å². The molecule has 7 heteroatoms. The first kappa shape index (κ1) is 16.7. The zero-order valence-electron chi connectivity index (χ0n) is 13.4. The molecule has 3 rings (SSSR count). The molecule has 1 N–H and O–H groups in total. The molecule has 0 bridgehead atoms. The lowest BCUT2D eigenvalue weighted by Crippen LogP contribution is -2.28. The van der Waals surface area contributed by atoms with Crippen molar-refractivity contribution >= 4 is 15.9 Å². The van der Waals surface area contributed by atoms with E-state index in [4.69, 9.17) is 4.42 Å². The van der Waals surface area contributed by atoms with Crippen molar-refractivity contribution in [2.45, 2.75) is 30.7 Å². The Labute approximate surface area is 141 Å². The highest BCUT2D eigenvalue weighted by Gasteiger charge is 2.27. The highest BCUT2D eigenvalue weighted by atomic mass is 32.2. The summed E-state index contributed by atoms with van der Waals surface area (Å²) in [5.74, 6) is 0.389. The standard InChI is InChI=1S/C17H20N2O4S/c1-13(16-5-4-12-23-16)18-17(20)14-6-8-15(9-7-14)24(21,22)19-10-2-3-11-19/h4-9,12-13H,2-3,10-11H2,1H3,(H,18,20)/t13-/m1/s1. The van der Waals surface area contributed by atoms with Crippen LogP contribution in [-0.2, 0) is 10.0 Å². The van der Waals surface area contributed by atoms with Crippen LogP contribution in [0.3, 0.4) is 0 Å². The molecule has 1 fully saturated rings. The zero-order chi connectivity index (χ0) is 17.2. The fourth-order valence-electron chi connectivity index (χ4n) is 2.74. The number of nitrogens with zero attached hydrogens (tertiary/aromatic N) is 1. The SMILES string of the molecule is C[C@@H](NC(=O)c1ccc(S(=O)(=O)N2CCCC2)cc1)c1ccco1. The van der Waals surface area contributed by atoms with E-state index >= 15 is 0 Å². The van der Waals surface area contributed by atoms with Gasteiger partial charge in [-0.15, -0.1) is 0 Å². The van der Waals surface area contributed by atoms with Gasteiger partial charge >= 0.3 is 0 Å². The smallest absolute Gasteiger partial charge is 0.251 e. The lowest BCUT2D eigenvalue weighted by Gasteiger charge is -2.16. The van der Waals surface area contributed by atoms with Crippen molar-refractivity contribution in [3.8, 4) is 0 Å². The van der Waals surface area contributed by atoms with Crippen molar-refractivity contribution in [1.29, 1.82) is 0 Å². The summed E-state index contributed by atoms with van der Waals surface area (Å²) in [7, 11) is -3.45. The van der Waals surface area contributed by atoms with E-state index in [9.17, 15) is 13.2 Å². The average Bonchev–Trinajstić information content (AvgIpc) is 3.28. The molecule has 2 aromatic rings. The van der Waals surface area contributed by atoms with E-state index in [-0.39, 0.29) is 16.8 Å². The summed E-state index contributed by atoms with van der Waals surface area (Å²) in [6.45, 7) is 2.94. The number of carbonyl (C=O) groups is 1. The number of benzene rings is 1. The van der Waals surface area contributed by atoms with E-state index < -0.39 is 10.0 Å². The Morgan fingerprint density at radius 3 is 2.42 bits per heavy atom. The quantitative estimate of drug-likeness (QED) is 0.900. The predicted octanol–water partition coefficient (Wildman–Crippen LogP) is 2.56.